The highest BCUT2D eigenvalue weighted by Gasteiger charge is 2.27. The first kappa shape index (κ1) is 19.0. The van der Waals surface area contributed by atoms with Crippen LogP contribution in [0.15, 0.2) is 42.5 Å². The molecule has 1 fully saturated rings. The SMILES string of the molecule is COc1ccc(C(=O)N2CCC(CCOc3ccc(F)cc3)C2)cc1OC. The molecule has 1 aliphatic heterocycles. The summed E-state index contributed by atoms with van der Waals surface area (Å²) in [4.78, 5) is 14.6. The number of methoxy groups -OCH3 is 2. The molecule has 1 atom stereocenters. The van der Waals surface area contributed by atoms with Crippen LogP contribution < -0.4 is 14.2 Å². The Morgan fingerprint density at radius 1 is 1.11 bits per heavy atom. The fraction of sp³-hybridized carbons (Fsp3) is 0.381. The predicted octanol–water partition coefficient (Wildman–Crippen LogP) is 3.77. The highest BCUT2D eigenvalue weighted by atomic mass is 19.1. The lowest BCUT2D eigenvalue weighted by Gasteiger charge is -2.18. The summed E-state index contributed by atoms with van der Waals surface area (Å²) in [5, 5.41) is 0. The van der Waals surface area contributed by atoms with Gasteiger partial charge in [0.1, 0.15) is 11.6 Å². The zero-order chi connectivity index (χ0) is 19.2. The molecule has 1 saturated heterocycles. The second-order valence-corrected chi connectivity index (χ2v) is 6.57. The number of amides is 1. The highest BCUT2D eigenvalue weighted by Crippen LogP contribution is 2.29. The average Bonchev–Trinajstić information content (AvgIpc) is 3.17. The minimum atomic E-state index is -0.276. The predicted molar refractivity (Wildman–Crippen MR) is 100 cm³/mol. The smallest absolute Gasteiger partial charge is 0.254 e. The zero-order valence-electron chi connectivity index (χ0n) is 15.6. The van der Waals surface area contributed by atoms with Crippen molar-refractivity contribution in [3.05, 3.63) is 53.8 Å². The van der Waals surface area contributed by atoms with E-state index in [0.29, 0.717) is 41.9 Å². The van der Waals surface area contributed by atoms with Gasteiger partial charge in [0.25, 0.3) is 5.91 Å². The van der Waals surface area contributed by atoms with Crippen molar-refractivity contribution in [3.63, 3.8) is 0 Å². The Bertz CT molecular complexity index is 778. The average molecular weight is 373 g/mol. The molecule has 1 heterocycles. The molecule has 0 saturated carbocycles. The largest absolute Gasteiger partial charge is 0.494 e. The number of nitrogens with zero attached hydrogens (tertiary/aromatic N) is 1. The van der Waals surface area contributed by atoms with Crippen LogP contribution in [-0.2, 0) is 0 Å². The Kier molecular flexibility index (Phi) is 6.16. The molecule has 0 bridgehead atoms. The topological polar surface area (TPSA) is 48.0 Å². The zero-order valence-corrected chi connectivity index (χ0v) is 15.6. The molecule has 2 aromatic carbocycles. The molecule has 6 heteroatoms. The summed E-state index contributed by atoms with van der Waals surface area (Å²) in [6, 6.07) is 11.2. The molecule has 0 radical (unpaired) electrons. The van der Waals surface area contributed by atoms with Gasteiger partial charge in [0.2, 0.25) is 0 Å². The first-order valence-electron chi connectivity index (χ1n) is 9.00. The van der Waals surface area contributed by atoms with E-state index in [1.807, 2.05) is 4.90 Å². The van der Waals surface area contributed by atoms with E-state index in [4.69, 9.17) is 14.2 Å². The van der Waals surface area contributed by atoms with Gasteiger partial charge in [-0.05, 0) is 61.2 Å². The number of ether oxygens (including phenoxy) is 3. The molecule has 1 amide bonds. The van der Waals surface area contributed by atoms with Crippen LogP contribution in [0.3, 0.4) is 0 Å². The molecule has 0 spiro atoms. The van der Waals surface area contributed by atoms with Crippen LogP contribution in [0, 0.1) is 11.7 Å². The summed E-state index contributed by atoms with van der Waals surface area (Å²) in [6.45, 7) is 1.99. The van der Waals surface area contributed by atoms with Crippen molar-refractivity contribution in [2.24, 2.45) is 5.92 Å². The van der Waals surface area contributed by atoms with Crippen molar-refractivity contribution in [3.8, 4) is 17.2 Å². The van der Waals surface area contributed by atoms with Gasteiger partial charge in [0, 0.05) is 18.7 Å². The van der Waals surface area contributed by atoms with E-state index in [0.717, 1.165) is 19.4 Å². The summed E-state index contributed by atoms with van der Waals surface area (Å²) in [7, 11) is 3.12. The summed E-state index contributed by atoms with van der Waals surface area (Å²) < 4.78 is 29.0. The monoisotopic (exact) mass is 373 g/mol. The summed E-state index contributed by atoms with van der Waals surface area (Å²) in [6.07, 6.45) is 1.80. The molecular weight excluding hydrogens is 349 g/mol. The van der Waals surface area contributed by atoms with Crippen molar-refractivity contribution < 1.29 is 23.4 Å². The number of carbonyl (C=O) groups is 1. The van der Waals surface area contributed by atoms with Crippen LogP contribution in [0.1, 0.15) is 23.2 Å². The molecule has 27 heavy (non-hydrogen) atoms. The van der Waals surface area contributed by atoms with Crippen LogP contribution in [0.25, 0.3) is 0 Å². The van der Waals surface area contributed by atoms with Gasteiger partial charge in [-0.1, -0.05) is 0 Å². The summed E-state index contributed by atoms with van der Waals surface area (Å²) in [5.41, 5.74) is 0.593. The molecule has 0 aliphatic carbocycles. The molecule has 5 nitrogen and oxygen atoms in total. The lowest BCUT2D eigenvalue weighted by molar-refractivity contribution is 0.0785. The van der Waals surface area contributed by atoms with Gasteiger partial charge in [-0.15, -0.1) is 0 Å². The quantitative estimate of drug-likeness (QED) is 0.741. The third kappa shape index (κ3) is 4.70. The first-order chi connectivity index (χ1) is 13.1. The molecule has 2 aromatic rings. The fourth-order valence-electron chi connectivity index (χ4n) is 3.28. The Morgan fingerprint density at radius 3 is 2.56 bits per heavy atom. The van der Waals surface area contributed by atoms with E-state index < -0.39 is 0 Å². The van der Waals surface area contributed by atoms with Crippen LogP contribution >= 0.6 is 0 Å². The second kappa shape index (κ2) is 8.75. The minimum absolute atomic E-state index is 0.00194. The van der Waals surface area contributed by atoms with Crippen molar-refractivity contribution in [1.29, 1.82) is 0 Å². The van der Waals surface area contributed by atoms with E-state index in [2.05, 4.69) is 0 Å². The van der Waals surface area contributed by atoms with Gasteiger partial charge in [-0.2, -0.15) is 0 Å². The van der Waals surface area contributed by atoms with Crippen LogP contribution in [0.2, 0.25) is 0 Å². The van der Waals surface area contributed by atoms with Gasteiger partial charge >= 0.3 is 0 Å². The number of halogens is 1. The standard InChI is InChI=1S/C21H24FNO4/c1-25-19-8-3-16(13-20(19)26-2)21(24)23-11-9-15(14-23)10-12-27-18-6-4-17(22)5-7-18/h3-8,13,15H,9-12,14H2,1-2H3. The summed E-state index contributed by atoms with van der Waals surface area (Å²) in [5.74, 6) is 1.93. The van der Waals surface area contributed by atoms with Gasteiger partial charge in [0.05, 0.1) is 20.8 Å². The van der Waals surface area contributed by atoms with E-state index in [1.54, 1.807) is 44.6 Å². The van der Waals surface area contributed by atoms with E-state index >= 15 is 0 Å². The Labute approximate surface area is 158 Å². The lowest BCUT2D eigenvalue weighted by Crippen LogP contribution is -2.28. The summed E-state index contributed by atoms with van der Waals surface area (Å²) >= 11 is 0. The third-order valence-electron chi connectivity index (χ3n) is 4.81. The number of benzene rings is 2. The number of likely N-dealkylation sites (tertiary alicyclic amines) is 1. The second-order valence-electron chi connectivity index (χ2n) is 6.57. The molecular formula is C21H24FNO4. The molecule has 1 aliphatic rings. The van der Waals surface area contributed by atoms with Gasteiger partial charge in [-0.3, -0.25) is 4.79 Å². The van der Waals surface area contributed by atoms with Crippen molar-refractivity contribution >= 4 is 5.91 Å². The molecule has 0 N–H and O–H groups in total. The van der Waals surface area contributed by atoms with Crippen LogP contribution in [0.5, 0.6) is 17.2 Å². The van der Waals surface area contributed by atoms with Crippen molar-refractivity contribution in [2.75, 3.05) is 33.9 Å². The maximum absolute atomic E-state index is 12.9. The van der Waals surface area contributed by atoms with Crippen molar-refractivity contribution in [2.45, 2.75) is 12.8 Å². The molecule has 3 rings (SSSR count). The normalized spacial score (nSPS) is 16.3. The number of carbonyl (C=O) groups excluding carboxylic acids is 1. The third-order valence-corrected chi connectivity index (χ3v) is 4.81. The maximum Gasteiger partial charge on any atom is 0.254 e. The van der Waals surface area contributed by atoms with Gasteiger partial charge < -0.3 is 19.1 Å². The Hall–Kier alpha value is -2.76. The lowest BCUT2D eigenvalue weighted by atomic mass is 10.1. The molecule has 1 unspecified atom stereocenters. The van der Waals surface area contributed by atoms with E-state index in [9.17, 15) is 9.18 Å². The van der Waals surface area contributed by atoms with E-state index in [1.165, 1.54) is 12.1 Å². The molecule has 0 aromatic heterocycles. The number of hydrogen-bond acceptors (Lipinski definition) is 4. The first-order valence-corrected chi connectivity index (χ1v) is 9.00. The maximum atomic E-state index is 12.9. The van der Waals surface area contributed by atoms with Crippen LogP contribution in [-0.4, -0.2) is 44.7 Å². The fourth-order valence-corrected chi connectivity index (χ4v) is 3.28. The minimum Gasteiger partial charge on any atom is -0.494 e. The number of hydrogen-bond donors (Lipinski definition) is 0. The highest BCUT2D eigenvalue weighted by molar-refractivity contribution is 5.95. The van der Waals surface area contributed by atoms with Crippen molar-refractivity contribution in [1.82, 2.24) is 4.90 Å². The van der Waals surface area contributed by atoms with Crippen LogP contribution in [0.4, 0.5) is 4.39 Å². The number of rotatable bonds is 7. The van der Waals surface area contributed by atoms with Gasteiger partial charge in [0.15, 0.2) is 11.5 Å². The Balaban J connectivity index is 1.51. The molecule has 144 valence electrons. The van der Waals surface area contributed by atoms with E-state index in [-0.39, 0.29) is 11.7 Å². The Morgan fingerprint density at radius 2 is 1.85 bits per heavy atom. The van der Waals surface area contributed by atoms with Gasteiger partial charge in [-0.25, -0.2) is 4.39 Å².